The van der Waals surface area contributed by atoms with Gasteiger partial charge in [-0.2, -0.15) is 0 Å². The van der Waals surface area contributed by atoms with Gasteiger partial charge in [0.15, 0.2) is 0 Å². The van der Waals surface area contributed by atoms with Crippen LogP contribution in [0.4, 0.5) is 11.4 Å². The van der Waals surface area contributed by atoms with Gasteiger partial charge in [0, 0.05) is 31.3 Å². The van der Waals surface area contributed by atoms with E-state index in [2.05, 4.69) is 16.7 Å². The van der Waals surface area contributed by atoms with Crippen molar-refractivity contribution in [2.75, 3.05) is 25.0 Å². The molecule has 2 aliphatic rings. The third kappa shape index (κ3) is 5.53. The lowest BCUT2D eigenvalue weighted by atomic mass is 9.97. The number of nitrogens with zero attached hydrogens (tertiary/aromatic N) is 1. The number of nitro groups is 1. The fourth-order valence-electron chi connectivity index (χ4n) is 3.57. The molecule has 146 valence electrons. The molecule has 1 aromatic carbocycles. The predicted octanol–water partition coefficient (Wildman–Crippen LogP) is 3.81. The molecule has 1 atom stereocenters. The summed E-state index contributed by atoms with van der Waals surface area (Å²) in [6.45, 7) is 1.82. The van der Waals surface area contributed by atoms with E-state index in [4.69, 9.17) is 4.74 Å². The number of allylic oxidation sites excluding steroid dienone is 1. The highest BCUT2D eigenvalue weighted by molar-refractivity contribution is 5.95. The lowest BCUT2D eigenvalue weighted by Gasteiger charge is -2.14. The Kier molecular flexibility index (Phi) is 6.81. The highest BCUT2D eigenvalue weighted by Gasteiger charge is 2.20. The van der Waals surface area contributed by atoms with Crippen molar-refractivity contribution < 1.29 is 14.5 Å². The van der Waals surface area contributed by atoms with Crippen LogP contribution in [0.3, 0.4) is 0 Å². The Labute approximate surface area is 159 Å². The SMILES string of the molecule is O=C(NCCC1=CCCCC1)c1ccc(NCC2CCCO2)c([N+](=O)[O-])c1. The van der Waals surface area contributed by atoms with Crippen molar-refractivity contribution in [3.63, 3.8) is 0 Å². The zero-order chi connectivity index (χ0) is 19.1. The van der Waals surface area contributed by atoms with Crippen molar-refractivity contribution in [1.29, 1.82) is 0 Å². The monoisotopic (exact) mass is 373 g/mol. The highest BCUT2D eigenvalue weighted by atomic mass is 16.6. The van der Waals surface area contributed by atoms with Crippen LogP contribution in [-0.2, 0) is 4.74 Å². The Balaban J connectivity index is 1.57. The van der Waals surface area contributed by atoms with E-state index in [9.17, 15) is 14.9 Å². The van der Waals surface area contributed by atoms with Gasteiger partial charge in [0.05, 0.1) is 11.0 Å². The molecular formula is C20H27N3O4. The number of amides is 1. The Morgan fingerprint density at radius 3 is 2.89 bits per heavy atom. The largest absolute Gasteiger partial charge is 0.377 e. The summed E-state index contributed by atoms with van der Waals surface area (Å²) in [6, 6.07) is 4.57. The molecule has 1 aliphatic heterocycles. The third-order valence-corrected chi connectivity index (χ3v) is 5.12. The normalized spacial score (nSPS) is 19.4. The van der Waals surface area contributed by atoms with Crippen LogP contribution in [0.5, 0.6) is 0 Å². The van der Waals surface area contributed by atoms with Crippen molar-refractivity contribution in [3.05, 3.63) is 45.5 Å². The Morgan fingerprint density at radius 1 is 1.30 bits per heavy atom. The van der Waals surface area contributed by atoms with Crippen LogP contribution < -0.4 is 10.6 Å². The van der Waals surface area contributed by atoms with Gasteiger partial charge in [0.1, 0.15) is 5.69 Å². The van der Waals surface area contributed by atoms with E-state index in [0.717, 1.165) is 38.7 Å². The summed E-state index contributed by atoms with van der Waals surface area (Å²) >= 11 is 0. The molecule has 0 radical (unpaired) electrons. The molecule has 0 aromatic heterocycles. The van der Waals surface area contributed by atoms with Crippen molar-refractivity contribution >= 4 is 17.3 Å². The summed E-state index contributed by atoms with van der Waals surface area (Å²) in [6.07, 6.45) is 9.84. The molecule has 1 fully saturated rings. The predicted molar refractivity (Wildman–Crippen MR) is 104 cm³/mol. The zero-order valence-corrected chi connectivity index (χ0v) is 15.5. The van der Waals surface area contributed by atoms with Crippen LogP contribution in [0, 0.1) is 10.1 Å². The van der Waals surface area contributed by atoms with Crippen LogP contribution >= 0.6 is 0 Å². The maximum Gasteiger partial charge on any atom is 0.293 e. The van der Waals surface area contributed by atoms with Crippen LogP contribution in [0.2, 0.25) is 0 Å². The minimum absolute atomic E-state index is 0.0849. The average molecular weight is 373 g/mol. The molecule has 0 saturated carbocycles. The summed E-state index contributed by atoms with van der Waals surface area (Å²) in [4.78, 5) is 23.3. The maximum atomic E-state index is 12.3. The highest BCUT2D eigenvalue weighted by Crippen LogP contribution is 2.26. The topological polar surface area (TPSA) is 93.5 Å². The number of rotatable bonds is 8. The van der Waals surface area contributed by atoms with Gasteiger partial charge in [-0.15, -0.1) is 0 Å². The molecule has 27 heavy (non-hydrogen) atoms. The molecule has 2 N–H and O–H groups in total. The molecule has 7 heteroatoms. The first-order valence-corrected chi connectivity index (χ1v) is 9.73. The molecule has 1 saturated heterocycles. The van der Waals surface area contributed by atoms with E-state index in [1.807, 2.05) is 0 Å². The molecule has 0 spiro atoms. The maximum absolute atomic E-state index is 12.3. The third-order valence-electron chi connectivity index (χ3n) is 5.12. The number of carbonyl (C=O) groups is 1. The van der Waals surface area contributed by atoms with E-state index in [1.54, 1.807) is 12.1 Å². The lowest BCUT2D eigenvalue weighted by Crippen LogP contribution is -2.25. The molecule has 1 heterocycles. The summed E-state index contributed by atoms with van der Waals surface area (Å²) in [5, 5.41) is 17.4. The number of hydrogen-bond acceptors (Lipinski definition) is 5. The standard InChI is InChI=1S/C20H27N3O4/c24-20(21-11-10-15-5-2-1-3-6-15)16-8-9-18(19(13-16)23(25)26)22-14-17-7-4-12-27-17/h5,8-9,13,17,22H,1-4,6-7,10-12,14H2,(H,21,24). The Hall–Kier alpha value is -2.41. The Morgan fingerprint density at radius 2 is 2.19 bits per heavy atom. The first-order chi connectivity index (χ1) is 13.1. The molecule has 0 bridgehead atoms. The van der Waals surface area contributed by atoms with E-state index >= 15 is 0 Å². The van der Waals surface area contributed by atoms with Gasteiger partial charge in [-0.05, 0) is 57.1 Å². The van der Waals surface area contributed by atoms with Gasteiger partial charge in [0.2, 0.25) is 0 Å². The van der Waals surface area contributed by atoms with Crippen molar-refractivity contribution in [2.45, 2.75) is 51.0 Å². The first-order valence-electron chi connectivity index (χ1n) is 9.73. The van der Waals surface area contributed by atoms with Crippen LogP contribution in [0.15, 0.2) is 29.8 Å². The molecule has 1 aliphatic carbocycles. The smallest absolute Gasteiger partial charge is 0.293 e. The van der Waals surface area contributed by atoms with Crippen molar-refractivity contribution in [3.8, 4) is 0 Å². The minimum atomic E-state index is -0.457. The van der Waals surface area contributed by atoms with E-state index in [-0.39, 0.29) is 17.7 Å². The molecule has 1 aromatic rings. The van der Waals surface area contributed by atoms with Crippen molar-refractivity contribution in [2.24, 2.45) is 0 Å². The number of benzene rings is 1. The summed E-state index contributed by atoms with van der Waals surface area (Å²) in [5.74, 6) is -0.278. The fraction of sp³-hybridized carbons (Fsp3) is 0.550. The van der Waals surface area contributed by atoms with Gasteiger partial charge in [-0.1, -0.05) is 11.6 Å². The van der Waals surface area contributed by atoms with Gasteiger partial charge in [-0.3, -0.25) is 14.9 Å². The second kappa shape index (κ2) is 9.50. The second-order valence-electron chi connectivity index (χ2n) is 7.12. The second-order valence-corrected chi connectivity index (χ2v) is 7.12. The number of carbonyl (C=O) groups excluding carboxylic acids is 1. The minimum Gasteiger partial charge on any atom is -0.377 e. The van der Waals surface area contributed by atoms with Crippen LogP contribution in [0.25, 0.3) is 0 Å². The Bertz CT molecular complexity index is 711. The molecule has 1 unspecified atom stereocenters. The summed E-state index contributed by atoms with van der Waals surface area (Å²) in [7, 11) is 0. The van der Waals surface area contributed by atoms with Gasteiger partial charge in [0.25, 0.3) is 11.6 Å². The van der Waals surface area contributed by atoms with E-state index in [0.29, 0.717) is 24.3 Å². The van der Waals surface area contributed by atoms with Crippen LogP contribution in [-0.4, -0.2) is 36.6 Å². The molecule has 1 amide bonds. The number of hydrogen-bond donors (Lipinski definition) is 2. The molecule has 3 rings (SSSR count). The number of nitrogens with one attached hydrogen (secondary N) is 2. The first kappa shape index (κ1) is 19.4. The van der Waals surface area contributed by atoms with Gasteiger partial charge in [-0.25, -0.2) is 0 Å². The number of nitro benzene ring substituents is 1. The van der Waals surface area contributed by atoms with Gasteiger partial charge >= 0.3 is 0 Å². The van der Waals surface area contributed by atoms with E-state index in [1.165, 1.54) is 24.5 Å². The van der Waals surface area contributed by atoms with E-state index < -0.39 is 4.92 Å². The molecule has 7 nitrogen and oxygen atoms in total. The number of anilines is 1. The lowest BCUT2D eigenvalue weighted by molar-refractivity contribution is -0.384. The molecular weight excluding hydrogens is 346 g/mol. The number of ether oxygens (including phenoxy) is 1. The summed E-state index contributed by atoms with van der Waals surface area (Å²) in [5.41, 5.74) is 2.03. The van der Waals surface area contributed by atoms with Crippen LogP contribution in [0.1, 0.15) is 55.3 Å². The van der Waals surface area contributed by atoms with Gasteiger partial charge < -0.3 is 15.4 Å². The zero-order valence-electron chi connectivity index (χ0n) is 15.5. The van der Waals surface area contributed by atoms with Crippen molar-refractivity contribution in [1.82, 2.24) is 5.32 Å². The summed E-state index contributed by atoms with van der Waals surface area (Å²) < 4.78 is 5.53. The quantitative estimate of drug-likeness (QED) is 0.411. The average Bonchev–Trinajstić information content (AvgIpc) is 3.20. The fourth-order valence-corrected chi connectivity index (χ4v) is 3.57.